The second-order valence-electron chi connectivity index (χ2n) is 3.28. The fourth-order valence-electron chi connectivity index (χ4n) is 1.16. The molecule has 4 nitrogen and oxygen atoms in total. The van der Waals surface area contributed by atoms with Crippen LogP contribution in [0.25, 0.3) is 0 Å². The second kappa shape index (κ2) is 4.75. The number of rotatable bonds is 4. The summed E-state index contributed by atoms with van der Waals surface area (Å²) in [5.74, 6) is 0. The van der Waals surface area contributed by atoms with Crippen molar-refractivity contribution >= 4 is 15.7 Å². The molecule has 0 bridgehead atoms. The summed E-state index contributed by atoms with van der Waals surface area (Å²) >= 11 is 0. The van der Waals surface area contributed by atoms with E-state index in [1.165, 1.54) is 12.1 Å². The molecular weight excluding hydrogens is 238 g/mol. The molecule has 1 rings (SSSR count). The molecule has 0 saturated heterocycles. The van der Waals surface area contributed by atoms with Gasteiger partial charge in [-0.25, -0.2) is 21.9 Å². The second-order valence-corrected chi connectivity index (χ2v) is 5.02. The van der Waals surface area contributed by atoms with Gasteiger partial charge in [-0.05, 0) is 24.6 Å². The van der Waals surface area contributed by atoms with E-state index in [1.807, 2.05) is 0 Å². The van der Waals surface area contributed by atoms with Gasteiger partial charge in [-0.2, -0.15) is 0 Å². The summed E-state index contributed by atoms with van der Waals surface area (Å²) in [6, 6.07) is 4.31. The van der Waals surface area contributed by atoms with Gasteiger partial charge in [0.1, 0.15) is 4.90 Å². The first-order valence-electron chi connectivity index (χ1n) is 4.47. The van der Waals surface area contributed by atoms with Gasteiger partial charge in [0.2, 0.25) is 10.0 Å². The van der Waals surface area contributed by atoms with E-state index in [4.69, 9.17) is 5.73 Å². The molecule has 0 aromatic heterocycles. The van der Waals surface area contributed by atoms with Gasteiger partial charge in [-0.15, -0.1) is 0 Å². The van der Waals surface area contributed by atoms with Crippen LogP contribution in [0.1, 0.15) is 5.56 Å². The van der Waals surface area contributed by atoms with E-state index < -0.39 is 23.0 Å². The summed E-state index contributed by atoms with van der Waals surface area (Å²) < 4.78 is 48.6. The standard InChI is InChI=1S/C9H12F2N2O2S/c1-6-2-3-8(7(12)4-6)16(14,15)13-5-9(10)11/h2-4,9,13H,5,12H2,1H3. The van der Waals surface area contributed by atoms with Crippen LogP contribution in [-0.2, 0) is 10.0 Å². The Labute approximate surface area is 92.5 Å². The van der Waals surface area contributed by atoms with Crippen LogP contribution in [0.3, 0.4) is 0 Å². The number of aryl methyl sites for hydroxylation is 1. The number of benzene rings is 1. The third-order valence-corrected chi connectivity index (χ3v) is 3.38. The van der Waals surface area contributed by atoms with Crippen molar-refractivity contribution in [1.82, 2.24) is 4.72 Å². The Morgan fingerprint density at radius 3 is 2.56 bits per heavy atom. The van der Waals surface area contributed by atoms with Crippen LogP contribution in [0.5, 0.6) is 0 Å². The van der Waals surface area contributed by atoms with Crippen LogP contribution in [0.4, 0.5) is 14.5 Å². The highest BCUT2D eigenvalue weighted by Crippen LogP contribution is 2.19. The quantitative estimate of drug-likeness (QED) is 0.786. The molecule has 0 aliphatic carbocycles. The molecule has 1 aromatic carbocycles. The van der Waals surface area contributed by atoms with Gasteiger partial charge >= 0.3 is 0 Å². The van der Waals surface area contributed by atoms with E-state index in [9.17, 15) is 17.2 Å². The maximum Gasteiger partial charge on any atom is 0.251 e. The SMILES string of the molecule is Cc1ccc(S(=O)(=O)NCC(F)F)c(N)c1. The average molecular weight is 250 g/mol. The van der Waals surface area contributed by atoms with Crippen molar-refractivity contribution in [2.24, 2.45) is 0 Å². The van der Waals surface area contributed by atoms with Gasteiger partial charge in [0.15, 0.2) is 0 Å². The number of hydrogen-bond donors (Lipinski definition) is 2. The highest BCUT2D eigenvalue weighted by atomic mass is 32.2. The molecule has 0 unspecified atom stereocenters. The first-order chi connectivity index (χ1) is 7.33. The third kappa shape index (κ3) is 3.14. The maximum atomic E-state index is 11.9. The van der Waals surface area contributed by atoms with Crippen LogP contribution < -0.4 is 10.5 Å². The first kappa shape index (κ1) is 12.9. The van der Waals surface area contributed by atoms with E-state index >= 15 is 0 Å². The van der Waals surface area contributed by atoms with Crippen LogP contribution in [0.15, 0.2) is 23.1 Å². The smallest absolute Gasteiger partial charge is 0.251 e. The van der Waals surface area contributed by atoms with E-state index in [-0.39, 0.29) is 10.6 Å². The lowest BCUT2D eigenvalue weighted by molar-refractivity contribution is 0.153. The molecule has 0 aliphatic rings. The summed E-state index contributed by atoms with van der Waals surface area (Å²) in [6.45, 7) is 0.828. The molecule has 0 atom stereocenters. The lowest BCUT2D eigenvalue weighted by Crippen LogP contribution is -2.29. The van der Waals surface area contributed by atoms with Crippen molar-refractivity contribution in [3.8, 4) is 0 Å². The summed E-state index contributed by atoms with van der Waals surface area (Å²) in [5.41, 5.74) is 6.35. The summed E-state index contributed by atoms with van der Waals surface area (Å²) in [6.07, 6.45) is -2.73. The number of anilines is 1. The Bertz CT molecular complexity index is 474. The number of hydrogen-bond acceptors (Lipinski definition) is 3. The number of nitrogens with two attached hydrogens (primary N) is 1. The van der Waals surface area contributed by atoms with Gasteiger partial charge in [-0.3, -0.25) is 0 Å². The maximum absolute atomic E-state index is 11.9. The Balaban J connectivity index is 2.99. The minimum Gasteiger partial charge on any atom is -0.398 e. The van der Waals surface area contributed by atoms with Gasteiger partial charge < -0.3 is 5.73 Å². The molecule has 0 radical (unpaired) electrons. The molecule has 0 spiro atoms. The molecule has 0 amide bonds. The summed E-state index contributed by atoms with van der Waals surface area (Å²) in [5, 5.41) is 0. The molecule has 16 heavy (non-hydrogen) atoms. The van der Waals surface area contributed by atoms with Crippen LogP contribution in [-0.4, -0.2) is 21.4 Å². The minimum absolute atomic E-state index is 0.0433. The van der Waals surface area contributed by atoms with E-state index in [1.54, 1.807) is 17.7 Å². The Kier molecular flexibility index (Phi) is 3.82. The molecule has 0 saturated carbocycles. The van der Waals surface area contributed by atoms with Crippen molar-refractivity contribution in [3.63, 3.8) is 0 Å². The molecule has 7 heteroatoms. The molecule has 0 aliphatic heterocycles. The van der Waals surface area contributed by atoms with Crippen molar-refractivity contribution in [1.29, 1.82) is 0 Å². The predicted molar refractivity (Wildman–Crippen MR) is 56.8 cm³/mol. The van der Waals surface area contributed by atoms with Crippen LogP contribution in [0, 0.1) is 6.92 Å². The number of sulfonamides is 1. The summed E-state index contributed by atoms with van der Waals surface area (Å²) in [4.78, 5) is -0.182. The van der Waals surface area contributed by atoms with Crippen molar-refractivity contribution in [2.75, 3.05) is 12.3 Å². The number of nitrogens with one attached hydrogen (secondary N) is 1. The largest absolute Gasteiger partial charge is 0.398 e. The lowest BCUT2D eigenvalue weighted by atomic mass is 10.2. The van der Waals surface area contributed by atoms with Gasteiger partial charge in [0.05, 0.1) is 12.2 Å². The third-order valence-electron chi connectivity index (χ3n) is 1.88. The van der Waals surface area contributed by atoms with Gasteiger partial charge in [0, 0.05) is 0 Å². The van der Waals surface area contributed by atoms with Crippen LogP contribution >= 0.6 is 0 Å². The Morgan fingerprint density at radius 1 is 1.44 bits per heavy atom. The Hall–Kier alpha value is -1.21. The van der Waals surface area contributed by atoms with Gasteiger partial charge in [-0.1, -0.05) is 6.07 Å². The zero-order chi connectivity index (χ0) is 12.3. The Morgan fingerprint density at radius 2 is 2.06 bits per heavy atom. The molecule has 0 fully saturated rings. The summed E-state index contributed by atoms with van der Waals surface area (Å²) in [7, 11) is -3.96. The zero-order valence-electron chi connectivity index (χ0n) is 8.57. The fraction of sp³-hybridized carbons (Fsp3) is 0.333. The highest BCUT2D eigenvalue weighted by molar-refractivity contribution is 7.89. The van der Waals surface area contributed by atoms with Crippen molar-refractivity contribution in [3.05, 3.63) is 23.8 Å². The average Bonchev–Trinajstić information content (AvgIpc) is 2.14. The lowest BCUT2D eigenvalue weighted by Gasteiger charge is -2.09. The van der Waals surface area contributed by atoms with Crippen molar-refractivity contribution in [2.45, 2.75) is 18.2 Å². The molecule has 1 aromatic rings. The zero-order valence-corrected chi connectivity index (χ0v) is 9.39. The number of alkyl halides is 2. The van der Waals surface area contributed by atoms with Crippen molar-refractivity contribution < 1.29 is 17.2 Å². The normalized spacial score (nSPS) is 12.0. The predicted octanol–water partition coefficient (Wildman–Crippen LogP) is 1.12. The fourth-order valence-corrected chi connectivity index (χ4v) is 2.28. The number of nitrogen functional groups attached to an aromatic ring is 1. The van der Waals surface area contributed by atoms with Crippen LogP contribution in [0.2, 0.25) is 0 Å². The molecule has 90 valence electrons. The number of halogens is 2. The molecule has 0 heterocycles. The monoisotopic (exact) mass is 250 g/mol. The molecule has 3 N–H and O–H groups in total. The molecular formula is C9H12F2N2O2S. The van der Waals surface area contributed by atoms with Gasteiger partial charge in [0.25, 0.3) is 6.43 Å². The highest BCUT2D eigenvalue weighted by Gasteiger charge is 2.18. The first-order valence-corrected chi connectivity index (χ1v) is 5.95. The van der Waals surface area contributed by atoms with E-state index in [0.29, 0.717) is 0 Å². The topological polar surface area (TPSA) is 72.2 Å². The van der Waals surface area contributed by atoms with E-state index in [2.05, 4.69) is 0 Å². The van der Waals surface area contributed by atoms with E-state index in [0.717, 1.165) is 5.56 Å². The minimum atomic E-state index is -3.96.